The molecule has 4 heteroatoms. The zero-order valence-electron chi connectivity index (χ0n) is 9.36. The average molecular weight is 207 g/mol. The van der Waals surface area contributed by atoms with Crippen LogP contribution in [-0.2, 0) is 4.79 Å². The number of nitrogens with zero attached hydrogens (tertiary/aromatic N) is 3. The van der Waals surface area contributed by atoms with E-state index in [0.29, 0.717) is 18.7 Å². The maximum absolute atomic E-state index is 11.7. The minimum Gasteiger partial charge on any atom is -0.381 e. The Labute approximate surface area is 90.8 Å². The third kappa shape index (κ3) is 3.28. The molecule has 0 aliphatic carbocycles. The minimum absolute atomic E-state index is 0.0714. The van der Waals surface area contributed by atoms with Crippen LogP contribution in [0, 0.1) is 11.3 Å². The molecular formula is C11H17N3O. The Kier molecular flexibility index (Phi) is 4.17. The van der Waals surface area contributed by atoms with Gasteiger partial charge in [0.1, 0.15) is 11.8 Å². The molecule has 0 N–H and O–H groups in total. The first-order valence-electron chi connectivity index (χ1n) is 5.24. The zero-order valence-corrected chi connectivity index (χ0v) is 9.36. The smallest absolute Gasteiger partial charge is 0.227 e. The lowest BCUT2D eigenvalue weighted by atomic mass is 10.2. The van der Waals surface area contributed by atoms with Gasteiger partial charge in [0.05, 0.1) is 0 Å². The Morgan fingerprint density at radius 2 is 2.20 bits per heavy atom. The van der Waals surface area contributed by atoms with E-state index in [1.165, 1.54) is 0 Å². The van der Waals surface area contributed by atoms with Crippen LogP contribution in [0.5, 0.6) is 0 Å². The molecule has 1 rings (SSSR count). The van der Waals surface area contributed by atoms with Gasteiger partial charge in [-0.05, 0) is 12.8 Å². The molecule has 0 aromatic carbocycles. The molecule has 1 saturated heterocycles. The van der Waals surface area contributed by atoms with Crippen molar-refractivity contribution in [3.63, 3.8) is 0 Å². The van der Waals surface area contributed by atoms with E-state index in [-0.39, 0.29) is 5.91 Å². The largest absolute Gasteiger partial charge is 0.381 e. The van der Waals surface area contributed by atoms with Crippen LogP contribution in [0.3, 0.4) is 0 Å². The summed E-state index contributed by atoms with van der Waals surface area (Å²) in [6.07, 6.45) is 5.26. The first-order valence-corrected chi connectivity index (χ1v) is 5.24. The lowest BCUT2D eigenvalue weighted by Gasteiger charge is -2.20. The van der Waals surface area contributed by atoms with Gasteiger partial charge in [-0.25, -0.2) is 0 Å². The zero-order chi connectivity index (χ0) is 11.3. The molecule has 0 atom stereocenters. The fourth-order valence-electron chi connectivity index (χ4n) is 1.64. The molecule has 4 nitrogen and oxygen atoms in total. The first-order chi connectivity index (χ1) is 7.15. The molecule has 82 valence electrons. The van der Waals surface area contributed by atoms with Crippen LogP contribution in [0.25, 0.3) is 0 Å². The van der Waals surface area contributed by atoms with Gasteiger partial charge in [-0.15, -0.1) is 0 Å². The third-order valence-electron chi connectivity index (χ3n) is 2.36. The molecule has 1 aliphatic heterocycles. The second kappa shape index (κ2) is 5.40. The third-order valence-corrected chi connectivity index (χ3v) is 2.36. The molecule has 0 bridgehead atoms. The Bertz CT molecular complexity index is 301. The van der Waals surface area contributed by atoms with Gasteiger partial charge in [-0.2, -0.15) is 5.26 Å². The number of allylic oxidation sites excluding steroid dienone is 1. The van der Waals surface area contributed by atoms with Gasteiger partial charge < -0.3 is 9.80 Å². The number of likely N-dealkylation sites (tertiary alicyclic amines) is 1. The van der Waals surface area contributed by atoms with E-state index in [9.17, 15) is 4.79 Å². The number of carbonyl (C=O) groups is 1. The highest BCUT2D eigenvalue weighted by Gasteiger charge is 2.20. The van der Waals surface area contributed by atoms with Crippen LogP contribution in [0.15, 0.2) is 11.9 Å². The lowest BCUT2D eigenvalue weighted by Crippen LogP contribution is -2.30. The predicted octanol–water partition coefficient (Wildman–Crippen LogP) is 1.32. The van der Waals surface area contributed by atoms with Crippen molar-refractivity contribution in [1.29, 1.82) is 5.26 Å². The van der Waals surface area contributed by atoms with Gasteiger partial charge in [0.2, 0.25) is 5.91 Å². The summed E-state index contributed by atoms with van der Waals surface area (Å²) >= 11 is 0. The molecule has 0 spiro atoms. The fraction of sp³-hybridized carbons (Fsp3) is 0.636. The summed E-state index contributed by atoms with van der Waals surface area (Å²) in [6, 6.07) is 2.09. The summed E-state index contributed by atoms with van der Waals surface area (Å²) in [5, 5.41) is 9.00. The minimum atomic E-state index is 0.0714. The molecule has 0 saturated carbocycles. The van der Waals surface area contributed by atoms with Crippen molar-refractivity contribution in [3.8, 4) is 6.07 Å². The summed E-state index contributed by atoms with van der Waals surface area (Å²) in [7, 11) is 3.69. The summed E-state index contributed by atoms with van der Waals surface area (Å²) in [4.78, 5) is 15.1. The molecule has 0 radical (unpaired) electrons. The van der Waals surface area contributed by atoms with Crippen molar-refractivity contribution in [2.45, 2.75) is 25.7 Å². The highest BCUT2D eigenvalue weighted by Crippen LogP contribution is 2.15. The summed E-state index contributed by atoms with van der Waals surface area (Å²) < 4.78 is 0. The predicted molar refractivity (Wildman–Crippen MR) is 57.6 cm³/mol. The number of hydrogen-bond acceptors (Lipinski definition) is 3. The van der Waals surface area contributed by atoms with Gasteiger partial charge in [0.25, 0.3) is 0 Å². The quantitative estimate of drug-likeness (QED) is 0.641. The van der Waals surface area contributed by atoms with Gasteiger partial charge in [-0.3, -0.25) is 4.79 Å². The van der Waals surface area contributed by atoms with E-state index in [1.54, 1.807) is 16.0 Å². The standard InChI is InChI=1S/C11H17N3O/c1-13(2)9-10(8-12)14-7-5-3-4-6-11(14)15/h9H,3-7H2,1-2H3/b10-9+. The second-order valence-corrected chi connectivity index (χ2v) is 3.95. The van der Waals surface area contributed by atoms with Crippen molar-refractivity contribution in [3.05, 3.63) is 11.9 Å². The number of nitriles is 1. The molecule has 0 aromatic heterocycles. The topological polar surface area (TPSA) is 47.3 Å². The van der Waals surface area contributed by atoms with E-state index in [1.807, 2.05) is 14.1 Å². The van der Waals surface area contributed by atoms with Crippen molar-refractivity contribution < 1.29 is 4.79 Å². The number of carbonyl (C=O) groups excluding carboxylic acids is 1. The molecule has 0 unspecified atom stereocenters. The second-order valence-electron chi connectivity index (χ2n) is 3.95. The SMILES string of the molecule is CN(C)/C=C(\C#N)N1CCCCCC1=O. The molecule has 1 aliphatic rings. The monoisotopic (exact) mass is 207 g/mol. The molecule has 0 aromatic rings. The fourth-order valence-corrected chi connectivity index (χ4v) is 1.64. The number of amides is 1. The maximum Gasteiger partial charge on any atom is 0.227 e. The van der Waals surface area contributed by atoms with Crippen LogP contribution >= 0.6 is 0 Å². The van der Waals surface area contributed by atoms with Crippen molar-refractivity contribution in [1.82, 2.24) is 9.80 Å². The van der Waals surface area contributed by atoms with Gasteiger partial charge >= 0.3 is 0 Å². The van der Waals surface area contributed by atoms with Gasteiger partial charge in [0.15, 0.2) is 0 Å². The van der Waals surface area contributed by atoms with Crippen LogP contribution in [-0.4, -0.2) is 36.3 Å². The highest BCUT2D eigenvalue weighted by atomic mass is 16.2. The van der Waals surface area contributed by atoms with Crippen LogP contribution in [0.2, 0.25) is 0 Å². The van der Waals surface area contributed by atoms with E-state index in [0.717, 1.165) is 19.3 Å². The van der Waals surface area contributed by atoms with E-state index in [4.69, 9.17) is 5.26 Å². The number of rotatable bonds is 2. The normalized spacial score (nSPS) is 18.3. The summed E-state index contributed by atoms with van der Waals surface area (Å²) in [5.74, 6) is 0.0714. The molecular weight excluding hydrogens is 190 g/mol. The molecule has 1 amide bonds. The van der Waals surface area contributed by atoms with Gasteiger partial charge in [0, 0.05) is 33.3 Å². The van der Waals surface area contributed by atoms with E-state index in [2.05, 4.69) is 6.07 Å². The Hall–Kier alpha value is -1.50. The number of hydrogen-bond donors (Lipinski definition) is 0. The average Bonchev–Trinajstić information content (AvgIpc) is 2.39. The summed E-state index contributed by atoms with van der Waals surface area (Å²) in [5.41, 5.74) is 0.451. The molecule has 1 fully saturated rings. The Morgan fingerprint density at radius 1 is 1.47 bits per heavy atom. The van der Waals surface area contributed by atoms with E-state index < -0.39 is 0 Å². The maximum atomic E-state index is 11.7. The molecule has 1 heterocycles. The van der Waals surface area contributed by atoms with Gasteiger partial charge in [-0.1, -0.05) is 6.42 Å². The highest BCUT2D eigenvalue weighted by molar-refractivity contribution is 5.79. The van der Waals surface area contributed by atoms with Crippen LogP contribution < -0.4 is 0 Å². The Morgan fingerprint density at radius 3 is 2.80 bits per heavy atom. The first kappa shape index (κ1) is 11.6. The van der Waals surface area contributed by atoms with Crippen molar-refractivity contribution >= 4 is 5.91 Å². The van der Waals surface area contributed by atoms with Crippen molar-refractivity contribution in [2.75, 3.05) is 20.6 Å². The van der Waals surface area contributed by atoms with Crippen molar-refractivity contribution in [2.24, 2.45) is 0 Å². The summed E-state index contributed by atoms with van der Waals surface area (Å²) in [6.45, 7) is 0.673. The lowest BCUT2D eigenvalue weighted by molar-refractivity contribution is -0.128. The van der Waals surface area contributed by atoms with Crippen LogP contribution in [0.4, 0.5) is 0 Å². The Balaban J connectivity index is 2.82. The van der Waals surface area contributed by atoms with Crippen LogP contribution in [0.1, 0.15) is 25.7 Å². The van der Waals surface area contributed by atoms with E-state index >= 15 is 0 Å². The molecule has 15 heavy (non-hydrogen) atoms.